The van der Waals surface area contributed by atoms with E-state index in [1.807, 2.05) is 0 Å². The van der Waals surface area contributed by atoms with Gasteiger partial charge in [0.25, 0.3) is 0 Å². The molecule has 3 rings (SSSR count). The molecule has 2 aromatic rings. The molecule has 25 heavy (non-hydrogen) atoms. The molecule has 2 aromatic heterocycles. The van der Waals surface area contributed by atoms with Gasteiger partial charge in [-0.05, 0) is 18.9 Å². The normalized spacial score (nSPS) is 17.3. The molecule has 132 valence electrons. The smallest absolute Gasteiger partial charge is 0.225 e. The molecule has 0 aromatic carbocycles. The predicted octanol–water partition coefficient (Wildman–Crippen LogP) is 0.958. The third-order valence-electron chi connectivity index (χ3n) is 4.23. The van der Waals surface area contributed by atoms with Crippen LogP contribution in [-0.2, 0) is 11.8 Å². The molecule has 1 atom stereocenters. The highest BCUT2D eigenvalue weighted by Crippen LogP contribution is 2.15. The molecule has 0 unspecified atom stereocenters. The number of piperidine rings is 1. The van der Waals surface area contributed by atoms with Crippen LogP contribution in [0.5, 0.6) is 0 Å². The number of hydrogen-bond donors (Lipinski definition) is 1. The second kappa shape index (κ2) is 7.87. The first-order valence-electron chi connectivity index (χ1n) is 8.45. The Labute approximate surface area is 146 Å². The molecule has 0 spiro atoms. The predicted molar refractivity (Wildman–Crippen MR) is 92.2 cm³/mol. The van der Waals surface area contributed by atoms with Gasteiger partial charge in [0.1, 0.15) is 0 Å². The van der Waals surface area contributed by atoms with E-state index in [4.69, 9.17) is 0 Å². The van der Waals surface area contributed by atoms with E-state index in [0.717, 1.165) is 19.4 Å². The maximum absolute atomic E-state index is 12.2. The van der Waals surface area contributed by atoms with E-state index in [1.54, 1.807) is 36.4 Å². The molecule has 8 heteroatoms. The minimum absolute atomic E-state index is 0.0542. The highest BCUT2D eigenvalue weighted by Gasteiger charge is 2.23. The molecule has 0 bridgehead atoms. The van der Waals surface area contributed by atoms with Crippen molar-refractivity contribution in [3.8, 4) is 0 Å². The lowest BCUT2D eigenvalue weighted by Gasteiger charge is -2.33. The monoisotopic (exact) mass is 342 g/mol. The summed E-state index contributed by atoms with van der Waals surface area (Å²) < 4.78 is 1.58. The van der Waals surface area contributed by atoms with Gasteiger partial charge in [0, 0.05) is 57.6 Å². The summed E-state index contributed by atoms with van der Waals surface area (Å²) in [6, 6.07) is 1.84. The van der Waals surface area contributed by atoms with Crippen LogP contribution in [0, 0.1) is 0 Å². The van der Waals surface area contributed by atoms with E-state index < -0.39 is 0 Å². The number of anilines is 1. The summed E-state index contributed by atoms with van der Waals surface area (Å²) in [5.41, 5.74) is 0.542. The number of amides is 1. The Kier molecular flexibility index (Phi) is 5.37. The minimum atomic E-state index is -0.0990. The van der Waals surface area contributed by atoms with E-state index in [0.29, 0.717) is 18.1 Å². The highest BCUT2D eigenvalue weighted by molar-refractivity contribution is 5.97. The molecule has 1 fully saturated rings. The first-order valence-corrected chi connectivity index (χ1v) is 8.45. The van der Waals surface area contributed by atoms with Crippen molar-refractivity contribution in [2.45, 2.75) is 31.7 Å². The number of nitrogens with zero attached hydrogens (tertiary/aromatic N) is 5. The molecular formula is C17H22N6O2. The van der Waals surface area contributed by atoms with Crippen molar-refractivity contribution in [1.82, 2.24) is 25.1 Å². The number of Topliss-reactive ketones (excluding diaryl/α,β-unsaturated/α-hetero) is 1. The van der Waals surface area contributed by atoms with Gasteiger partial charge in [-0.25, -0.2) is 9.97 Å². The van der Waals surface area contributed by atoms with Crippen LogP contribution >= 0.6 is 0 Å². The fourth-order valence-corrected chi connectivity index (χ4v) is 2.97. The molecular weight excluding hydrogens is 320 g/mol. The zero-order valence-corrected chi connectivity index (χ0v) is 14.3. The molecule has 0 aliphatic carbocycles. The van der Waals surface area contributed by atoms with Crippen LogP contribution in [0.1, 0.15) is 36.0 Å². The van der Waals surface area contributed by atoms with Gasteiger partial charge >= 0.3 is 0 Å². The van der Waals surface area contributed by atoms with Gasteiger partial charge in [-0.3, -0.25) is 14.3 Å². The summed E-state index contributed by atoms with van der Waals surface area (Å²) in [5, 5.41) is 6.99. The van der Waals surface area contributed by atoms with Crippen LogP contribution in [-0.4, -0.2) is 50.6 Å². The average Bonchev–Trinajstić information content (AvgIpc) is 3.07. The quantitative estimate of drug-likeness (QED) is 0.786. The van der Waals surface area contributed by atoms with Gasteiger partial charge in [0.15, 0.2) is 5.78 Å². The molecule has 3 heterocycles. The Bertz CT molecular complexity index is 730. The molecule has 1 N–H and O–H groups in total. The zero-order valence-electron chi connectivity index (χ0n) is 14.3. The number of carbonyl (C=O) groups is 2. The van der Waals surface area contributed by atoms with Gasteiger partial charge in [0.2, 0.25) is 11.9 Å². The van der Waals surface area contributed by atoms with Crippen molar-refractivity contribution in [2.24, 2.45) is 7.05 Å². The second-order valence-corrected chi connectivity index (χ2v) is 6.23. The summed E-state index contributed by atoms with van der Waals surface area (Å²) in [5.74, 6) is 0.525. The van der Waals surface area contributed by atoms with Crippen LogP contribution in [0.15, 0.2) is 30.9 Å². The van der Waals surface area contributed by atoms with Crippen molar-refractivity contribution >= 4 is 17.6 Å². The van der Waals surface area contributed by atoms with Crippen molar-refractivity contribution in [2.75, 3.05) is 18.0 Å². The topological polar surface area (TPSA) is 93.0 Å². The molecule has 1 aliphatic heterocycles. The number of carbonyl (C=O) groups excluding carboxylic acids is 2. The number of aryl methyl sites for hydroxylation is 1. The van der Waals surface area contributed by atoms with Gasteiger partial charge in [-0.15, -0.1) is 0 Å². The van der Waals surface area contributed by atoms with Gasteiger partial charge < -0.3 is 10.2 Å². The van der Waals surface area contributed by atoms with Gasteiger partial charge in [-0.2, -0.15) is 5.10 Å². The summed E-state index contributed by atoms with van der Waals surface area (Å²) in [4.78, 5) is 34.8. The molecule has 8 nitrogen and oxygen atoms in total. The van der Waals surface area contributed by atoms with Crippen molar-refractivity contribution in [3.63, 3.8) is 0 Å². The third kappa shape index (κ3) is 4.62. The summed E-state index contributed by atoms with van der Waals surface area (Å²) in [6.45, 7) is 1.57. The summed E-state index contributed by atoms with van der Waals surface area (Å²) in [7, 11) is 1.76. The number of aromatic nitrogens is 4. The van der Waals surface area contributed by atoms with Crippen molar-refractivity contribution in [3.05, 3.63) is 36.4 Å². The van der Waals surface area contributed by atoms with Crippen LogP contribution in [0.2, 0.25) is 0 Å². The maximum atomic E-state index is 12.2. The van der Waals surface area contributed by atoms with E-state index >= 15 is 0 Å². The average molecular weight is 342 g/mol. The highest BCUT2D eigenvalue weighted by atomic mass is 16.2. The van der Waals surface area contributed by atoms with Crippen LogP contribution in [0.3, 0.4) is 0 Å². The van der Waals surface area contributed by atoms with Crippen LogP contribution in [0.25, 0.3) is 0 Å². The number of hydrogen-bond acceptors (Lipinski definition) is 6. The molecule has 0 saturated carbocycles. The number of rotatable bonds is 6. The van der Waals surface area contributed by atoms with E-state index in [9.17, 15) is 9.59 Å². The number of nitrogens with one attached hydrogen (secondary N) is 1. The van der Waals surface area contributed by atoms with E-state index in [-0.39, 0.29) is 30.6 Å². The van der Waals surface area contributed by atoms with Crippen LogP contribution < -0.4 is 10.2 Å². The summed E-state index contributed by atoms with van der Waals surface area (Å²) >= 11 is 0. The summed E-state index contributed by atoms with van der Waals surface area (Å²) in [6.07, 6.45) is 8.90. The minimum Gasteiger partial charge on any atom is -0.352 e. The zero-order chi connectivity index (χ0) is 17.6. The van der Waals surface area contributed by atoms with Crippen LogP contribution in [0.4, 0.5) is 5.95 Å². The lowest BCUT2D eigenvalue weighted by atomic mass is 10.1. The van der Waals surface area contributed by atoms with Gasteiger partial charge in [-0.1, -0.05) is 0 Å². The van der Waals surface area contributed by atoms with E-state index in [1.165, 1.54) is 6.20 Å². The first kappa shape index (κ1) is 17.1. The maximum Gasteiger partial charge on any atom is 0.225 e. The van der Waals surface area contributed by atoms with E-state index in [2.05, 4.69) is 25.3 Å². The largest absolute Gasteiger partial charge is 0.352 e. The SMILES string of the molecule is Cn1cc(C(=O)CCC(=O)N[C@@H]2CCCN(c3ncccn3)C2)cn1. The Morgan fingerprint density at radius 1 is 1.28 bits per heavy atom. The molecule has 1 saturated heterocycles. The molecule has 0 radical (unpaired) electrons. The lowest BCUT2D eigenvalue weighted by Crippen LogP contribution is -2.48. The Balaban J connectivity index is 1.47. The van der Waals surface area contributed by atoms with Gasteiger partial charge in [0.05, 0.1) is 11.8 Å². The third-order valence-corrected chi connectivity index (χ3v) is 4.23. The standard InChI is InChI=1S/C17H22N6O2/c1-22-11-13(10-20-22)15(24)5-6-16(25)21-14-4-2-9-23(12-14)17-18-7-3-8-19-17/h3,7-8,10-11,14H,2,4-6,9,12H2,1H3,(H,21,25)/t14-/m1/s1. The Morgan fingerprint density at radius 3 is 2.80 bits per heavy atom. The second-order valence-electron chi connectivity index (χ2n) is 6.23. The Hall–Kier alpha value is -2.77. The molecule has 1 aliphatic rings. The fraction of sp³-hybridized carbons (Fsp3) is 0.471. The first-order chi connectivity index (χ1) is 12.1. The molecule has 1 amide bonds. The Morgan fingerprint density at radius 2 is 2.08 bits per heavy atom. The number of ketones is 1. The fourth-order valence-electron chi connectivity index (χ4n) is 2.97. The van der Waals surface area contributed by atoms with Crippen molar-refractivity contribution in [1.29, 1.82) is 0 Å². The van der Waals surface area contributed by atoms with Crippen molar-refractivity contribution < 1.29 is 9.59 Å². The lowest BCUT2D eigenvalue weighted by molar-refractivity contribution is -0.121.